The highest BCUT2D eigenvalue weighted by molar-refractivity contribution is 7.90. The lowest BCUT2D eigenvalue weighted by Gasteiger charge is -2.46. The molecule has 4 aliphatic rings. The van der Waals surface area contributed by atoms with E-state index in [1.165, 1.54) is 11.1 Å². The van der Waals surface area contributed by atoms with E-state index in [1.54, 1.807) is 23.6 Å². The SMILES string of the molecule is CC[C@@H]1CC/C=C\[C@H](OCc2nccs2)[C@@H]2CC[C@H]2CN2C[C@@]3(CCCc4cc(Cl)ccc43)COc3ccc(cc32)C(=O)NS1(=O)=O. The van der Waals surface area contributed by atoms with E-state index in [0.29, 0.717) is 55.6 Å². The number of nitrogens with one attached hydrogen (secondary N) is 1. The zero-order valence-corrected chi connectivity index (χ0v) is 29.1. The van der Waals surface area contributed by atoms with Crippen molar-refractivity contribution in [3.8, 4) is 5.75 Å². The highest BCUT2D eigenvalue weighted by atomic mass is 35.5. The van der Waals surface area contributed by atoms with Crippen molar-refractivity contribution in [2.45, 2.75) is 81.7 Å². The molecular weight excluding hydrogens is 654 g/mol. The minimum Gasteiger partial charge on any atom is -0.490 e. The number of thiazole rings is 1. The van der Waals surface area contributed by atoms with Gasteiger partial charge in [0.1, 0.15) is 10.8 Å². The summed E-state index contributed by atoms with van der Waals surface area (Å²) in [6.45, 7) is 4.30. The number of aryl methyl sites for hydroxylation is 1. The summed E-state index contributed by atoms with van der Waals surface area (Å²) in [5.41, 5.74) is 3.43. The average molecular weight is 696 g/mol. The Hall–Kier alpha value is -2.92. The molecule has 5 atom stereocenters. The number of hydrogen-bond donors (Lipinski definition) is 1. The summed E-state index contributed by atoms with van der Waals surface area (Å²) >= 11 is 8.03. The maximum atomic E-state index is 13.5. The smallest absolute Gasteiger partial charge is 0.264 e. The standard InChI is InChI=1S/C36H42ClN3O5S2/c1-2-28-7-3-4-8-32(44-21-34-38-16-17-46-34)29-12-9-26(29)20-40-22-36(15-5-6-24-18-27(37)11-13-30(24)36)23-45-33-14-10-25(19-31(33)40)35(41)39-47(28,42)43/h4,8,10-11,13-14,16-19,26,28-29,32H,2-3,5-7,9,12,15,20-23H2,1H3,(H,39,41)/b8-4-/t26-,28+,29+,32-,36-/m0/s1. The number of anilines is 1. The van der Waals surface area contributed by atoms with Gasteiger partial charge in [-0.25, -0.2) is 18.1 Å². The highest BCUT2D eigenvalue weighted by Crippen LogP contribution is 2.47. The summed E-state index contributed by atoms with van der Waals surface area (Å²) in [5.74, 6) is 0.772. The number of amides is 1. The molecule has 250 valence electrons. The predicted octanol–water partition coefficient (Wildman–Crippen LogP) is 7.07. The zero-order chi connectivity index (χ0) is 32.6. The topological polar surface area (TPSA) is 97.8 Å². The Morgan fingerprint density at radius 3 is 2.87 bits per heavy atom. The summed E-state index contributed by atoms with van der Waals surface area (Å²) in [6.07, 6.45) is 12.4. The molecule has 0 unspecified atom stereocenters. The number of carbonyl (C=O) groups excluding carboxylic acids is 1. The third-order valence-electron chi connectivity index (χ3n) is 10.6. The first-order valence-electron chi connectivity index (χ1n) is 16.8. The molecule has 1 aromatic heterocycles. The van der Waals surface area contributed by atoms with Crippen LogP contribution in [-0.4, -0.2) is 50.4 Å². The van der Waals surface area contributed by atoms with Gasteiger partial charge in [0.25, 0.3) is 5.91 Å². The number of aromatic nitrogens is 1. The Bertz CT molecular complexity index is 1750. The van der Waals surface area contributed by atoms with Crippen molar-refractivity contribution >= 4 is 44.6 Å². The summed E-state index contributed by atoms with van der Waals surface area (Å²) in [6, 6.07) is 11.6. The number of hydrogen-bond acceptors (Lipinski definition) is 8. The molecule has 3 aromatic rings. The highest BCUT2D eigenvalue weighted by Gasteiger charge is 2.44. The zero-order valence-electron chi connectivity index (χ0n) is 26.7. The predicted molar refractivity (Wildman–Crippen MR) is 186 cm³/mol. The summed E-state index contributed by atoms with van der Waals surface area (Å²) in [5, 5.41) is 2.96. The minimum absolute atomic E-state index is 0.109. The number of rotatable bonds is 4. The first kappa shape index (κ1) is 32.6. The second-order valence-electron chi connectivity index (χ2n) is 13.5. The molecule has 7 rings (SSSR count). The van der Waals surface area contributed by atoms with E-state index in [4.69, 9.17) is 21.1 Å². The molecule has 8 nitrogen and oxygen atoms in total. The molecule has 2 aromatic carbocycles. The molecule has 1 fully saturated rings. The van der Waals surface area contributed by atoms with Crippen LogP contribution in [0.25, 0.3) is 0 Å². The molecule has 0 saturated heterocycles. The molecule has 2 aliphatic heterocycles. The first-order chi connectivity index (χ1) is 22.7. The van der Waals surface area contributed by atoms with Crippen LogP contribution in [0.1, 0.15) is 78.4 Å². The maximum absolute atomic E-state index is 13.5. The van der Waals surface area contributed by atoms with E-state index in [0.717, 1.165) is 60.9 Å². The van der Waals surface area contributed by atoms with Crippen LogP contribution in [0, 0.1) is 11.8 Å². The molecule has 1 spiro atoms. The van der Waals surface area contributed by atoms with Crippen LogP contribution in [0.4, 0.5) is 5.69 Å². The van der Waals surface area contributed by atoms with E-state index in [-0.39, 0.29) is 11.5 Å². The van der Waals surface area contributed by atoms with E-state index in [1.807, 2.05) is 30.5 Å². The Kier molecular flexibility index (Phi) is 9.39. The molecule has 3 heterocycles. The fourth-order valence-electron chi connectivity index (χ4n) is 7.97. The lowest BCUT2D eigenvalue weighted by molar-refractivity contribution is -0.0227. The van der Waals surface area contributed by atoms with Crippen molar-refractivity contribution in [2.24, 2.45) is 11.8 Å². The third kappa shape index (κ3) is 6.71. The van der Waals surface area contributed by atoms with Crippen LogP contribution in [-0.2, 0) is 33.2 Å². The van der Waals surface area contributed by atoms with Crippen LogP contribution in [0.2, 0.25) is 5.02 Å². The van der Waals surface area contributed by atoms with Gasteiger partial charge in [0, 0.05) is 40.7 Å². The molecule has 0 radical (unpaired) electrons. The van der Waals surface area contributed by atoms with Crippen molar-refractivity contribution in [2.75, 3.05) is 24.6 Å². The number of ether oxygens (including phenoxy) is 2. The number of nitrogens with zero attached hydrogens (tertiary/aromatic N) is 2. The van der Waals surface area contributed by atoms with E-state index in [2.05, 4.69) is 38.9 Å². The lowest BCUT2D eigenvalue weighted by Crippen LogP contribution is -2.49. The maximum Gasteiger partial charge on any atom is 0.264 e. The number of sulfonamides is 1. The fraction of sp³-hybridized carbons (Fsp3) is 0.500. The van der Waals surface area contributed by atoms with Gasteiger partial charge in [0.2, 0.25) is 10.0 Å². The van der Waals surface area contributed by atoms with Gasteiger partial charge in [-0.3, -0.25) is 4.79 Å². The average Bonchev–Trinajstić information content (AvgIpc) is 3.51. The van der Waals surface area contributed by atoms with Crippen molar-refractivity contribution < 1.29 is 22.7 Å². The molecule has 11 heteroatoms. The third-order valence-corrected chi connectivity index (χ3v) is 13.6. The van der Waals surface area contributed by atoms with Crippen LogP contribution < -0.4 is 14.4 Å². The van der Waals surface area contributed by atoms with Crippen molar-refractivity contribution in [3.05, 3.63) is 86.8 Å². The van der Waals surface area contributed by atoms with Gasteiger partial charge in [-0.2, -0.15) is 0 Å². The molecular formula is C36H42ClN3O5S2. The quantitative estimate of drug-likeness (QED) is 0.292. The van der Waals surface area contributed by atoms with Crippen molar-refractivity contribution in [1.29, 1.82) is 0 Å². The normalized spacial score (nSPS) is 29.4. The summed E-state index contributed by atoms with van der Waals surface area (Å²) in [7, 11) is -3.89. The van der Waals surface area contributed by atoms with Gasteiger partial charge in [-0.05, 0) is 105 Å². The lowest BCUT2D eigenvalue weighted by atomic mass is 9.68. The van der Waals surface area contributed by atoms with Gasteiger partial charge in [-0.1, -0.05) is 36.7 Å². The first-order valence-corrected chi connectivity index (χ1v) is 19.6. The van der Waals surface area contributed by atoms with Crippen molar-refractivity contribution in [3.63, 3.8) is 0 Å². The van der Waals surface area contributed by atoms with Crippen LogP contribution in [0.5, 0.6) is 5.75 Å². The summed E-state index contributed by atoms with van der Waals surface area (Å²) in [4.78, 5) is 20.3. The van der Waals surface area contributed by atoms with E-state index >= 15 is 0 Å². The molecule has 1 amide bonds. The molecule has 1 N–H and O–H groups in total. The molecule has 2 bridgehead atoms. The number of benzene rings is 2. The van der Waals surface area contributed by atoms with Gasteiger partial charge in [0.15, 0.2) is 0 Å². The van der Waals surface area contributed by atoms with Gasteiger partial charge in [0.05, 0.1) is 30.3 Å². The number of fused-ring (bicyclic) bond motifs is 4. The molecule has 47 heavy (non-hydrogen) atoms. The Morgan fingerprint density at radius 2 is 2.09 bits per heavy atom. The van der Waals surface area contributed by atoms with Gasteiger partial charge < -0.3 is 14.4 Å². The van der Waals surface area contributed by atoms with Gasteiger partial charge in [-0.15, -0.1) is 11.3 Å². The van der Waals surface area contributed by atoms with Crippen LogP contribution in [0.3, 0.4) is 0 Å². The van der Waals surface area contributed by atoms with E-state index < -0.39 is 21.2 Å². The Labute approximate surface area is 286 Å². The van der Waals surface area contributed by atoms with Crippen molar-refractivity contribution in [1.82, 2.24) is 9.71 Å². The van der Waals surface area contributed by atoms with Crippen LogP contribution in [0.15, 0.2) is 60.1 Å². The second-order valence-corrected chi connectivity index (χ2v) is 16.9. The molecule has 2 aliphatic carbocycles. The summed E-state index contributed by atoms with van der Waals surface area (Å²) < 4.78 is 42.4. The second kappa shape index (κ2) is 13.5. The van der Waals surface area contributed by atoms with Gasteiger partial charge >= 0.3 is 0 Å². The largest absolute Gasteiger partial charge is 0.490 e. The Morgan fingerprint density at radius 1 is 1.19 bits per heavy atom. The fourth-order valence-corrected chi connectivity index (χ4v) is 10.1. The number of carbonyl (C=O) groups is 1. The molecule has 1 saturated carbocycles. The number of allylic oxidation sites excluding steroid dienone is 1. The minimum atomic E-state index is -3.89. The van der Waals surface area contributed by atoms with E-state index in [9.17, 15) is 13.2 Å². The monoisotopic (exact) mass is 695 g/mol. The number of halogens is 1. The Balaban J connectivity index is 1.28. The van der Waals surface area contributed by atoms with Crippen LogP contribution >= 0.6 is 22.9 Å².